The number of amides is 1. The lowest BCUT2D eigenvalue weighted by Crippen LogP contribution is -2.31. The molecule has 0 saturated carbocycles. The Kier molecular flexibility index (Phi) is 4.87. The summed E-state index contributed by atoms with van der Waals surface area (Å²) in [6.45, 7) is 1.73. The average Bonchev–Trinajstić information content (AvgIpc) is 2.62. The Labute approximate surface area is 142 Å². The molecule has 3 rings (SSSR count). The lowest BCUT2D eigenvalue weighted by atomic mass is 10.1. The zero-order valence-electron chi connectivity index (χ0n) is 13.4. The van der Waals surface area contributed by atoms with Gasteiger partial charge < -0.3 is 10.2 Å². The fourth-order valence-electron chi connectivity index (χ4n) is 2.73. The molecule has 2 aromatic rings. The Morgan fingerprint density at radius 1 is 1.04 bits per heavy atom. The van der Waals surface area contributed by atoms with E-state index in [9.17, 15) is 18.0 Å². The summed E-state index contributed by atoms with van der Waals surface area (Å²) in [5.74, 6) is -0.145. The summed E-state index contributed by atoms with van der Waals surface area (Å²) in [6, 6.07) is 4.84. The lowest BCUT2D eigenvalue weighted by Gasteiger charge is -2.26. The highest BCUT2D eigenvalue weighted by Gasteiger charge is 2.33. The topological polar surface area (TPSA) is 58.1 Å². The third-order valence-electron chi connectivity index (χ3n) is 4.02. The third-order valence-corrected chi connectivity index (χ3v) is 4.02. The van der Waals surface area contributed by atoms with Gasteiger partial charge in [-0.3, -0.25) is 4.79 Å². The standard InChI is InChI=1S/C17H17F3N4O/c18-17(19,20)13-6-2-3-7-14(13)23-15(25)12-10-21-16(22-11-12)24-8-4-1-5-9-24/h2-3,6-7,10-11H,1,4-5,8-9H2,(H,23,25). The first-order valence-electron chi connectivity index (χ1n) is 8.00. The van der Waals surface area contributed by atoms with E-state index in [0.29, 0.717) is 5.95 Å². The Hall–Kier alpha value is -2.64. The molecule has 1 aliphatic heterocycles. The van der Waals surface area contributed by atoms with Crippen LogP contribution in [0, 0.1) is 0 Å². The van der Waals surface area contributed by atoms with Gasteiger partial charge in [0.05, 0.1) is 16.8 Å². The highest BCUT2D eigenvalue weighted by Crippen LogP contribution is 2.34. The maximum Gasteiger partial charge on any atom is 0.418 e. The summed E-state index contributed by atoms with van der Waals surface area (Å²) in [7, 11) is 0. The van der Waals surface area contributed by atoms with Crippen LogP contribution in [0.4, 0.5) is 24.8 Å². The highest BCUT2D eigenvalue weighted by atomic mass is 19.4. The van der Waals surface area contributed by atoms with Gasteiger partial charge in [-0.25, -0.2) is 9.97 Å². The van der Waals surface area contributed by atoms with Crippen LogP contribution in [0.15, 0.2) is 36.7 Å². The van der Waals surface area contributed by atoms with Crippen molar-refractivity contribution in [2.24, 2.45) is 0 Å². The fraction of sp³-hybridized carbons (Fsp3) is 0.353. The molecule has 1 amide bonds. The van der Waals surface area contributed by atoms with Crippen LogP contribution in [-0.2, 0) is 6.18 Å². The van der Waals surface area contributed by atoms with Crippen LogP contribution in [0.5, 0.6) is 0 Å². The van der Waals surface area contributed by atoms with E-state index in [1.807, 2.05) is 4.90 Å². The molecule has 0 radical (unpaired) electrons. The second-order valence-electron chi connectivity index (χ2n) is 5.82. The van der Waals surface area contributed by atoms with Gasteiger partial charge in [-0.2, -0.15) is 13.2 Å². The number of hydrogen-bond acceptors (Lipinski definition) is 4. The minimum absolute atomic E-state index is 0.109. The third kappa shape index (κ3) is 4.07. The molecule has 0 unspecified atom stereocenters. The molecule has 0 aliphatic carbocycles. The monoisotopic (exact) mass is 350 g/mol. The Morgan fingerprint density at radius 3 is 2.32 bits per heavy atom. The van der Waals surface area contributed by atoms with E-state index in [2.05, 4.69) is 15.3 Å². The van der Waals surface area contributed by atoms with Gasteiger partial charge in [0.25, 0.3) is 5.91 Å². The minimum atomic E-state index is -4.54. The lowest BCUT2D eigenvalue weighted by molar-refractivity contribution is -0.136. The molecule has 25 heavy (non-hydrogen) atoms. The van der Waals surface area contributed by atoms with Crippen LogP contribution in [0.1, 0.15) is 35.2 Å². The van der Waals surface area contributed by atoms with Gasteiger partial charge in [0.1, 0.15) is 0 Å². The van der Waals surface area contributed by atoms with Crippen molar-refractivity contribution in [3.8, 4) is 0 Å². The number of carbonyl (C=O) groups is 1. The van der Waals surface area contributed by atoms with Crippen molar-refractivity contribution in [1.82, 2.24) is 9.97 Å². The van der Waals surface area contributed by atoms with Crippen LogP contribution in [0.3, 0.4) is 0 Å². The van der Waals surface area contributed by atoms with Gasteiger partial charge in [-0.05, 0) is 31.4 Å². The molecule has 1 aromatic heterocycles. The van der Waals surface area contributed by atoms with Crippen LogP contribution in [-0.4, -0.2) is 29.0 Å². The number of carbonyl (C=O) groups excluding carboxylic acids is 1. The minimum Gasteiger partial charge on any atom is -0.341 e. The number of rotatable bonds is 3. The van der Waals surface area contributed by atoms with E-state index in [1.54, 1.807) is 0 Å². The maximum atomic E-state index is 13.0. The molecule has 1 aliphatic rings. The SMILES string of the molecule is O=C(Nc1ccccc1C(F)(F)F)c1cnc(N2CCCCC2)nc1. The number of nitrogens with one attached hydrogen (secondary N) is 1. The molecule has 1 fully saturated rings. The van der Waals surface area contributed by atoms with Gasteiger partial charge >= 0.3 is 6.18 Å². The summed E-state index contributed by atoms with van der Waals surface area (Å²) >= 11 is 0. The number of halogens is 3. The first-order chi connectivity index (χ1) is 11.9. The van der Waals surface area contributed by atoms with Gasteiger partial charge in [0.2, 0.25) is 5.95 Å². The van der Waals surface area contributed by atoms with Gasteiger partial charge in [0, 0.05) is 25.5 Å². The molecule has 1 aromatic carbocycles. The van der Waals surface area contributed by atoms with E-state index in [1.165, 1.54) is 37.0 Å². The second-order valence-corrected chi connectivity index (χ2v) is 5.82. The first kappa shape index (κ1) is 17.2. The van der Waals surface area contributed by atoms with Gasteiger partial charge in [0.15, 0.2) is 0 Å². The summed E-state index contributed by atoms with van der Waals surface area (Å²) < 4.78 is 38.9. The van der Waals surface area contributed by atoms with Crippen LogP contribution in [0.2, 0.25) is 0 Å². The van der Waals surface area contributed by atoms with E-state index in [4.69, 9.17) is 0 Å². The maximum absolute atomic E-state index is 13.0. The molecule has 1 saturated heterocycles. The van der Waals surface area contributed by atoms with E-state index >= 15 is 0 Å². The molecule has 132 valence electrons. The van der Waals surface area contributed by atoms with Crippen molar-refractivity contribution in [3.63, 3.8) is 0 Å². The van der Waals surface area contributed by atoms with Crippen molar-refractivity contribution in [1.29, 1.82) is 0 Å². The summed E-state index contributed by atoms with van der Waals surface area (Å²) in [4.78, 5) is 22.6. The largest absolute Gasteiger partial charge is 0.418 e. The van der Waals surface area contributed by atoms with Crippen molar-refractivity contribution < 1.29 is 18.0 Å². The number of hydrogen-bond donors (Lipinski definition) is 1. The number of nitrogens with zero attached hydrogens (tertiary/aromatic N) is 3. The van der Waals surface area contributed by atoms with Gasteiger partial charge in [-0.1, -0.05) is 12.1 Å². The quantitative estimate of drug-likeness (QED) is 0.916. The van der Waals surface area contributed by atoms with E-state index < -0.39 is 17.6 Å². The normalized spacial score (nSPS) is 15.1. The summed E-state index contributed by atoms with van der Waals surface area (Å²) in [5, 5.41) is 2.28. The molecule has 1 N–H and O–H groups in total. The number of benzene rings is 1. The van der Waals surface area contributed by atoms with Crippen LogP contribution < -0.4 is 10.2 Å². The summed E-state index contributed by atoms with van der Waals surface area (Å²) in [5.41, 5.74) is -1.08. The number of para-hydroxylation sites is 1. The fourth-order valence-corrected chi connectivity index (χ4v) is 2.73. The molecule has 0 atom stereocenters. The van der Waals surface area contributed by atoms with Crippen molar-refractivity contribution in [2.75, 3.05) is 23.3 Å². The van der Waals surface area contributed by atoms with Gasteiger partial charge in [-0.15, -0.1) is 0 Å². The van der Waals surface area contributed by atoms with Crippen LogP contribution in [0.25, 0.3) is 0 Å². The van der Waals surface area contributed by atoms with E-state index in [0.717, 1.165) is 32.0 Å². The number of alkyl halides is 3. The number of piperidine rings is 1. The van der Waals surface area contributed by atoms with Crippen molar-refractivity contribution >= 4 is 17.5 Å². The Balaban J connectivity index is 1.74. The Bertz CT molecular complexity index is 740. The van der Waals surface area contributed by atoms with Crippen molar-refractivity contribution in [2.45, 2.75) is 25.4 Å². The smallest absolute Gasteiger partial charge is 0.341 e. The number of anilines is 2. The first-order valence-corrected chi connectivity index (χ1v) is 8.00. The van der Waals surface area contributed by atoms with Crippen LogP contribution >= 0.6 is 0 Å². The molecule has 5 nitrogen and oxygen atoms in total. The van der Waals surface area contributed by atoms with Crippen molar-refractivity contribution in [3.05, 3.63) is 47.8 Å². The molecule has 8 heteroatoms. The predicted octanol–water partition coefficient (Wildman–Crippen LogP) is 3.74. The molecule has 0 bridgehead atoms. The number of aromatic nitrogens is 2. The highest BCUT2D eigenvalue weighted by molar-refractivity contribution is 6.04. The molecule has 2 heterocycles. The average molecular weight is 350 g/mol. The summed E-state index contributed by atoms with van der Waals surface area (Å²) in [6.07, 6.45) is 1.44. The zero-order valence-corrected chi connectivity index (χ0v) is 13.4. The molecular weight excluding hydrogens is 333 g/mol. The van der Waals surface area contributed by atoms with E-state index in [-0.39, 0.29) is 11.3 Å². The predicted molar refractivity (Wildman–Crippen MR) is 87.5 cm³/mol. The Morgan fingerprint density at radius 2 is 1.68 bits per heavy atom. The zero-order chi connectivity index (χ0) is 17.9. The molecular formula is C17H17F3N4O. The molecule has 0 spiro atoms. The second kappa shape index (κ2) is 7.08.